The Bertz CT molecular complexity index is 3180. The van der Waals surface area contributed by atoms with Crippen LogP contribution in [0.25, 0.3) is 106 Å². The van der Waals surface area contributed by atoms with Crippen molar-refractivity contribution in [3.05, 3.63) is 194 Å². The standard InChI is InChI=1S/C51H32N4O/c1-3-14-33(15-4-1)34-26-28-36(29-27-34)50-52-49(35-16-5-2-6-17-35)53-51(54-50)37-30-31-41-43-22-13-21-42(48(43)56-47(41)32-37)40-20-9-12-25-46(40)55-44-23-10-7-18-38(44)39-19-8-11-24-45(39)55/h1-32H. The third-order valence-electron chi connectivity index (χ3n) is 10.7. The van der Waals surface area contributed by atoms with Crippen molar-refractivity contribution in [1.29, 1.82) is 0 Å². The highest BCUT2D eigenvalue weighted by Crippen LogP contribution is 2.41. The minimum absolute atomic E-state index is 0.584. The Balaban J connectivity index is 1.05. The molecule has 5 nitrogen and oxygen atoms in total. The number of benzene rings is 8. The minimum atomic E-state index is 0.584. The number of rotatable bonds is 6. The highest BCUT2D eigenvalue weighted by molar-refractivity contribution is 6.12. The van der Waals surface area contributed by atoms with Gasteiger partial charge in [0.25, 0.3) is 0 Å². The summed E-state index contributed by atoms with van der Waals surface area (Å²) in [5.41, 5.74) is 12.2. The molecule has 0 atom stereocenters. The summed E-state index contributed by atoms with van der Waals surface area (Å²) in [5.74, 6) is 1.81. The Labute approximate surface area is 322 Å². The second kappa shape index (κ2) is 13.0. The van der Waals surface area contributed by atoms with Crippen LogP contribution in [0.5, 0.6) is 0 Å². The van der Waals surface area contributed by atoms with E-state index in [1.54, 1.807) is 0 Å². The van der Waals surface area contributed by atoms with Gasteiger partial charge in [-0.05, 0) is 41.5 Å². The lowest BCUT2D eigenvalue weighted by Crippen LogP contribution is -2.00. The molecule has 8 aromatic carbocycles. The van der Waals surface area contributed by atoms with Crippen LogP contribution in [-0.2, 0) is 0 Å². The smallest absolute Gasteiger partial charge is 0.164 e. The molecule has 3 heterocycles. The molecule has 0 fully saturated rings. The van der Waals surface area contributed by atoms with Gasteiger partial charge in [-0.3, -0.25) is 0 Å². The van der Waals surface area contributed by atoms with E-state index in [1.165, 1.54) is 21.8 Å². The number of para-hydroxylation sites is 4. The molecule has 0 radical (unpaired) electrons. The summed E-state index contributed by atoms with van der Waals surface area (Å²) in [4.78, 5) is 15.0. The largest absolute Gasteiger partial charge is 0.455 e. The molecule has 0 N–H and O–H groups in total. The average molecular weight is 717 g/mol. The molecule has 0 bridgehead atoms. The Hall–Kier alpha value is -7.63. The molecule has 3 aromatic heterocycles. The molecule has 5 heteroatoms. The molecule has 0 spiro atoms. The van der Waals surface area contributed by atoms with Gasteiger partial charge in [0.1, 0.15) is 11.2 Å². The highest BCUT2D eigenvalue weighted by Gasteiger charge is 2.20. The first kappa shape index (κ1) is 31.9. The van der Waals surface area contributed by atoms with Gasteiger partial charge in [-0.2, -0.15) is 0 Å². The zero-order valence-corrected chi connectivity index (χ0v) is 30.2. The number of aromatic nitrogens is 4. The molecule has 11 rings (SSSR count). The fourth-order valence-electron chi connectivity index (χ4n) is 8.02. The Morgan fingerprint density at radius 3 is 1.52 bits per heavy atom. The summed E-state index contributed by atoms with van der Waals surface area (Å²) in [6.07, 6.45) is 0. The molecular weight excluding hydrogens is 685 g/mol. The first-order valence-electron chi connectivity index (χ1n) is 18.8. The monoisotopic (exact) mass is 716 g/mol. The number of hydrogen-bond acceptors (Lipinski definition) is 4. The normalized spacial score (nSPS) is 11.6. The van der Waals surface area contributed by atoms with Gasteiger partial charge in [0, 0.05) is 49.4 Å². The Morgan fingerprint density at radius 1 is 0.339 bits per heavy atom. The highest BCUT2D eigenvalue weighted by atomic mass is 16.3. The quantitative estimate of drug-likeness (QED) is 0.172. The van der Waals surface area contributed by atoms with E-state index < -0.39 is 0 Å². The second-order valence-electron chi connectivity index (χ2n) is 14.0. The van der Waals surface area contributed by atoms with Gasteiger partial charge in [-0.25, -0.2) is 15.0 Å². The zero-order valence-electron chi connectivity index (χ0n) is 30.2. The van der Waals surface area contributed by atoms with Crippen molar-refractivity contribution in [3.8, 4) is 62.1 Å². The van der Waals surface area contributed by atoms with Crippen LogP contribution in [-0.4, -0.2) is 19.5 Å². The molecule has 0 amide bonds. The fraction of sp³-hybridized carbons (Fsp3) is 0. The zero-order chi connectivity index (χ0) is 37.0. The molecule has 0 aliphatic heterocycles. The van der Waals surface area contributed by atoms with Crippen LogP contribution in [0.2, 0.25) is 0 Å². The summed E-state index contributed by atoms with van der Waals surface area (Å²) >= 11 is 0. The SMILES string of the molecule is c1ccc(-c2ccc(-c3nc(-c4ccccc4)nc(-c4ccc5c(c4)oc4c(-c6ccccc6-n6c7ccccc7c7ccccc76)cccc45)n3)cc2)cc1. The first-order chi connectivity index (χ1) is 27.8. The van der Waals surface area contributed by atoms with Crippen molar-refractivity contribution < 1.29 is 4.42 Å². The minimum Gasteiger partial charge on any atom is -0.455 e. The molecule has 0 aliphatic carbocycles. The van der Waals surface area contributed by atoms with Gasteiger partial charge < -0.3 is 8.98 Å². The van der Waals surface area contributed by atoms with Crippen molar-refractivity contribution >= 4 is 43.7 Å². The Morgan fingerprint density at radius 2 is 0.821 bits per heavy atom. The fourth-order valence-corrected chi connectivity index (χ4v) is 8.02. The van der Waals surface area contributed by atoms with E-state index in [0.29, 0.717) is 17.5 Å². The van der Waals surface area contributed by atoms with E-state index in [0.717, 1.165) is 66.6 Å². The van der Waals surface area contributed by atoms with E-state index in [2.05, 4.69) is 162 Å². The van der Waals surface area contributed by atoms with E-state index in [1.807, 2.05) is 36.4 Å². The van der Waals surface area contributed by atoms with Gasteiger partial charge in [0.15, 0.2) is 17.5 Å². The van der Waals surface area contributed by atoms with Crippen LogP contribution < -0.4 is 0 Å². The molecule has 0 saturated heterocycles. The topological polar surface area (TPSA) is 56.7 Å². The summed E-state index contributed by atoms with van der Waals surface area (Å²) < 4.78 is 9.22. The third kappa shape index (κ3) is 5.29. The maximum Gasteiger partial charge on any atom is 0.164 e. The number of hydrogen-bond donors (Lipinski definition) is 0. The summed E-state index contributed by atoms with van der Waals surface area (Å²) in [6.45, 7) is 0. The van der Waals surface area contributed by atoms with Crippen LogP contribution in [0.15, 0.2) is 199 Å². The molecular formula is C51H32N4O. The van der Waals surface area contributed by atoms with Gasteiger partial charge in [-0.15, -0.1) is 0 Å². The van der Waals surface area contributed by atoms with Crippen molar-refractivity contribution in [1.82, 2.24) is 19.5 Å². The number of nitrogens with zero attached hydrogens (tertiary/aromatic N) is 4. The van der Waals surface area contributed by atoms with Gasteiger partial charge in [0.05, 0.1) is 16.7 Å². The van der Waals surface area contributed by atoms with Crippen molar-refractivity contribution in [2.24, 2.45) is 0 Å². The first-order valence-corrected chi connectivity index (χ1v) is 18.8. The average Bonchev–Trinajstić information content (AvgIpc) is 3.82. The maximum atomic E-state index is 6.85. The predicted molar refractivity (Wildman–Crippen MR) is 229 cm³/mol. The van der Waals surface area contributed by atoms with Gasteiger partial charge in [0.2, 0.25) is 0 Å². The second-order valence-corrected chi connectivity index (χ2v) is 14.0. The van der Waals surface area contributed by atoms with Crippen molar-refractivity contribution in [3.63, 3.8) is 0 Å². The van der Waals surface area contributed by atoms with Crippen LogP contribution in [0.3, 0.4) is 0 Å². The summed E-state index contributed by atoms with van der Waals surface area (Å²) in [7, 11) is 0. The van der Waals surface area contributed by atoms with E-state index in [4.69, 9.17) is 19.4 Å². The molecule has 0 unspecified atom stereocenters. The molecule has 0 saturated carbocycles. The van der Waals surface area contributed by atoms with Crippen LogP contribution >= 0.6 is 0 Å². The lowest BCUT2D eigenvalue weighted by Gasteiger charge is -2.14. The molecule has 262 valence electrons. The van der Waals surface area contributed by atoms with Gasteiger partial charge >= 0.3 is 0 Å². The van der Waals surface area contributed by atoms with E-state index in [-0.39, 0.29) is 0 Å². The van der Waals surface area contributed by atoms with E-state index >= 15 is 0 Å². The van der Waals surface area contributed by atoms with Crippen LogP contribution in [0.4, 0.5) is 0 Å². The lowest BCUT2D eigenvalue weighted by molar-refractivity contribution is 0.670. The van der Waals surface area contributed by atoms with Crippen LogP contribution in [0, 0.1) is 0 Å². The number of furan rings is 1. The molecule has 0 aliphatic rings. The Kier molecular flexibility index (Phi) is 7.42. The van der Waals surface area contributed by atoms with Crippen molar-refractivity contribution in [2.75, 3.05) is 0 Å². The van der Waals surface area contributed by atoms with Crippen molar-refractivity contribution in [2.45, 2.75) is 0 Å². The predicted octanol–water partition coefficient (Wildman–Crippen LogP) is 13.2. The maximum absolute atomic E-state index is 6.85. The molecule has 56 heavy (non-hydrogen) atoms. The summed E-state index contributed by atoms with van der Waals surface area (Å²) in [6, 6.07) is 67.4. The molecule has 11 aromatic rings. The van der Waals surface area contributed by atoms with Crippen LogP contribution in [0.1, 0.15) is 0 Å². The van der Waals surface area contributed by atoms with Gasteiger partial charge in [-0.1, -0.05) is 164 Å². The third-order valence-corrected chi connectivity index (χ3v) is 10.7. The van der Waals surface area contributed by atoms with E-state index in [9.17, 15) is 0 Å². The summed E-state index contributed by atoms with van der Waals surface area (Å²) in [5, 5.41) is 4.55. The number of fused-ring (bicyclic) bond motifs is 6. The lowest BCUT2D eigenvalue weighted by atomic mass is 10.00.